The van der Waals surface area contributed by atoms with Crippen molar-refractivity contribution in [1.29, 1.82) is 0 Å². The maximum absolute atomic E-state index is 4.37. The molecule has 68 valence electrons. The van der Waals surface area contributed by atoms with Crippen LogP contribution >= 0.6 is 27.3 Å². The normalized spacial score (nSPS) is 10.2. The Morgan fingerprint density at radius 2 is 2.25 bits per heavy atom. The van der Waals surface area contributed by atoms with E-state index < -0.39 is 0 Å². The highest BCUT2D eigenvalue weighted by molar-refractivity contribution is 9.09. The summed E-state index contributed by atoms with van der Waals surface area (Å²) < 4.78 is 0. The summed E-state index contributed by atoms with van der Waals surface area (Å²) >= 11 is 5.13. The molecule has 0 amide bonds. The van der Waals surface area contributed by atoms with Gasteiger partial charge in [-0.3, -0.25) is 0 Å². The van der Waals surface area contributed by atoms with Crippen LogP contribution in [0.25, 0.3) is 0 Å². The van der Waals surface area contributed by atoms with Crippen molar-refractivity contribution in [3.63, 3.8) is 0 Å². The van der Waals surface area contributed by atoms with Crippen molar-refractivity contribution in [1.82, 2.24) is 4.98 Å². The molecule has 1 heterocycles. The molecule has 0 spiro atoms. The summed E-state index contributed by atoms with van der Waals surface area (Å²) in [7, 11) is 0. The van der Waals surface area contributed by atoms with Crippen molar-refractivity contribution in [2.45, 2.75) is 20.3 Å². The zero-order chi connectivity index (χ0) is 8.97. The third kappa shape index (κ3) is 2.75. The highest BCUT2D eigenvalue weighted by Crippen LogP contribution is 2.20. The van der Waals surface area contributed by atoms with E-state index in [2.05, 4.69) is 33.2 Å². The molecule has 0 bridgehead atoms. The van der Waals surface area contributed by atoms with Gasteiger partial charge in [0.1, 0.15) is 5.82 Å². The number of hydrogen-bond acceptors (Lipinski definition) is 3. The number of aromatic nitrogens is 1. The van der Waals surface area contributed by atoms with Gasteiger partial charge in [-0.25, -0.2) is 4.98 Å². The Balaban J connectivity index is 2.45. The Labute approximate surface area is 85.5 Å². The average Bonchev–Trinajstić information content (AvgIpc) is 2.31. The van der Waals surface area contributed by atoms with E-state index in [1.807, 2.05) is 6.92 Å². The van der Waals surface area contributed by atoms with Crippen molar-refractivity contribution < 1.29 is 0 Å². The van der Waals surface area contributed by atoms with E-state index in [1.54, 1.807) is 11.3 Å². The number of aryl methyl sites for hydroxylation is 2. The number of hydrogen-bond donors (Lipinski definition) is 1. The number of nitrogens with zero attached hydrogens (tertiary/aromatic N) is 1. The van der Waals surface area contributed by atoms with Crippen molar-refractivity contribution in [2.24, 2.45) is 0 Å². The molecule has 0 aliphatic heterocycles. The monoisotopic (exact) mass is 248 g/mol. The molecule has 0 aromatic carbocycles. The Hall–Kier alpha value is -0.0900. The molecule has 1 N–H and O–H groups in total. The first-order chi connectivity index (χ1) is 5.74. The second-order valence-electron chi connectivity index (χ2n) is 2.61. The van der Waals surface area contributed by atoms with E-state index in [0.717, 1.165) is 29.1 Å². The Morgan fingerprint density at radius 3 is 2.75 bits per heavy atom. The van der Waals surface area contributed by atoms with E-state index in [9.17, 15) is 0 Å². The van der Waals surface area contributed by atoms with E-state index in [-0.39, 0.29) is 0 Å². The summed E-state index contributed by atoms with van der Waals surface area (Å²) in [6.45, 7) is 5.13. The molecule has 4 heteroatoms. The number of alkyl halides is 1. The molecule has 1 aromatic heterocycles. The molecular weight excluding hydrogens is 236 g/mol. The first-order valence-electron chi connectivity index (χ1n) is 3.98. The fourth-order valence-corrected chi connectivity index (χ4v) is 2.04. The molecule has 0 saturated heterocycles. The molecule has 2 nitrogen and oxygen atoms in total. The van der Waals surface area contributed by atoms with Crippen LogP contribution in [0.3, 0.4) is 0 Å². The summed E-state index contributed by atoms with van der Waals surface area (Å²) in [4.78, 5) is 5.65. The third-order valence-electron chi connectivity index (χ3n) is 1.51. The molecule has 0 atom stereocenters. The Kier molecular flexibility index (Phi) is 4.01. The zero-order valence-electron chi connectivity index (χ0n) is 7.35. The molecule has 0 aliphatic rings. The fraction of sp³-hybridized carbons (Fsp3) is 0.625. The average molecular weight is 249 g/mol. The summed E-state index contributed by atoms with van der Waals surface area (Å²) in [5.74, 6) is 1.05. The Morgan fingerprint density at radius 1 is 1.50 bits per heavy atom. The van der Waals surface area contributed by atoms with Gasteiger partial charge >= 0.3 is 0 Å². The molecule has 0 radical (unpaired) electrons. The van der Waals surface area contributed by atoms with Crippen molar-refractivity contribution in [2.75, 3.05) is 17.2 Å². The van der Waals surface area contributed by atoms with Crippen molar-refractivity contribution >= 4 is 33.1 Å². The first-order valence-corrected chi connectivity index (χ1v) is 5.91. The second-order valence-corrected chi connectivity index (χ2v) is 4.81. The van der Waals surface area contributed by atoms with E-state index in [0.29, 0.717) is 0 Å². The molecule has 0 saturated carbocycles. The predicted molar refractivity (Wildman–Crippen MR) is 58.5 cm³/mol. The minimum atomic E-state index is 0.995. The number of rotatable bonds is 4. The lowest BCUT2D eigenvalue weighted by molar-refractivity contribution is 0.986. The summed E-state index contributed by atoms with van der Waals surface area (Å²) in [6.07, 6.45) is 1.13. The summed E-state index contributed by atoms with van der Waals surface area (Å²) in [6, 6.07) is 0. The van der Waals surface area contributed by atoms with Gasteiger partial charge in [-0.05, 0) is 20.3 Å². The topological polar surface area (TPSA) is 24.9 Å². The van der Waals surface area contributed by atoms with Crippen LogP contribution in [-0.4, -0.2) is 16.9 Å². The van der Waals surface area contributed by atoms with E-state index in [1.165, 1.54) is 4.88 Å². The van der Waals surface area contributed by atoms with Crippen LogP contribution in [0.4, 0.5) is 5.82 Å². The molecular formula is C8H13BrN2S. The van der Waals surface area contributed by atoms with Gasteiger partial charge in [0.05, 0.1) is 5.01 Å². The van der Waals surface area contributed by atoms with E-state index >= 15 is 0 Å². The summed E-state index contributed by atoms with van der Waals surface area (Å²) in [5, 5.41) is 5.48. The maximum atomic E-state index is 4.37. The number of thiazole rings is 1. The van der Waals surface area contributed by atoms with Gasteiger partial charge in [-0.15, -0.1) is 11.3 Å². The number of nitrogens with one attached hydrogen (secondary N) is 1. The van der Waals surface area contributed by atoms with Gasteiger partial charge < -0.3 is 5.32 Å². The van der Waals surface area contributed by atoms with Gasteiger partial charge in [0.25, 0.3) is 0 Å². The molecule has 0 unspecified atom stereocenters. The maximum Gasteiger partial charge on any atom is 0.140 e. The number of anilines is 1. The van der Waals surface area contributed by atoms with Crippen LogP contribution in [0.2, 0.25) is 0 Å². The predicted octanol–water partition coefficient (Wildman–Crippen LogP) is 2.96. The lowest BCUT2D eigenvalue weighted by atomic mass is 10.4. The van der Waals surface area contributed by atoms with Gasteiger partial charge in [-0.2, -0.15) is 0 Å². The Bertz CT molecular complexity index is 247. The highest BCUT2D eigenvalue weighted by atomic mass is 79.9. The van der Waals surface area contributed by atoms with Crippen LogP contribution in [0.1, 0.15) is 16.3 Å². The first kappa shape index (κ1) is 9.99. The largest absolute Gasteiger partial charge is 0.369 e. The second kappa shape index (κ2) is 4.82. The third-order valence-corrected chi connectivity index (χ3v) is 2.95. The SMILES string of the molecule is Cc1nc(NCCCBr)c(C)s1. The summed E-state index contributed by atoms with van der Waals surface area (Å²) in [5.41, 5.74) is 0. The quantitative estimate of drug-likeness (QED) is 0.655. The van der Waals surface area contributed by atoms with Crippen LogP contribution in [0, 0.1) is 13.8 Å². The molecule has 12 heavy (non-hydrogen) atoms. The van der Waals surface area contributed by atoms with Gasteiger partial charge in [-0.1, -0.05) is 15.9 Å². The van der Waals surface area contributed by atoms with Crippen LogP contribution in [0.5, 0.6) is 0 Å². The van der Waals surface area contributed by atoms with Crippen molar-refractivity contribution in [3.05, 3.63) is 9.88 Å². The standard InChI is InChI=1S/C8H13BrN2S/c1-6-8(10-5-3-4-9)11-7(2)12-6/h10H,3-5H2,1-2H3. The van der Waals surface area contributed by atoms with Crippen LogP contribution < -0.4 is 5.32 Å². The minimum absolute atomic E-state index is 0.995. The van der Waals surface area contributed by atoms with Gasteiger partial charge in [0.2, 0.25) is 0 Å². The van der Waals surface area contributed by atoms with Gasteiger partial charge in [0, 0.05) is 16.8 Å². The minimum Gasteiger partial charge on any atom is -0.369 e. The van der Waals surface area contributed by atoms with Gasteiger partial charge in [0.15, 0.2) is 0 Å². The van der Waals surface area contributed by atoms with Crippen LogP contribution in [-0.2, 0) is 0 Å². The van der Waals surface area contributed by atoms with Crippen molar-refractivity contribution in [3.8, 4) is 0 Å². The lowest BCUT2D eigenvalue weighted by Crippen LogP contribution is -2.02. The lowest BCUT2D eigenvalue weighted by Gasteiger charge is -2.00. The molecule has 0 fully saturated rings. The number of halogens is 1. The van der Waals surface area contributed by atoms with E-state index in [4.69, 9.17) is 0 Å². The highest BCUT2D eigenvalue weighted by Gasteiger charge is 2.02. The van der Waals surface area contributed by atoms with Crippen LogP contribution in [0.15, 0.2) is 0 Å². The smallest absolute Gasteiger partial charge is 0.140 e. The molecule has 1 aromatic rings. The zero-order valence-corrected chi connectivity index (χ0v) is 9.76. The fourth-order valence-electron chi connectivity index (χ4n) is 0.966. The molecule has 0 aliphatic carbocycles. The molecule has 1 rings (SSSR count).